The Hall–Kier alpha value is -2.77. The van der Waals surface area contributed by atoms with E-state index >= 15 is 0 Å². The quantitative estimate of drug-likeness (QED) is 0.726. The summed E-state index contributed by atoms with van der Waals surface area (Å²) < 4.78 is 0. The Labute approximate surface area is 171 Å². The molecule has 1 aromatic rings. The van der Waals surface area contributed by atoms with Crippen LogP contribution in [0.4, 0.5) is 21.0 Å². The van der Waals surface area contributed by atoms with Gasteiger partial charge in [0.1, 0.15) is 0 Å². The van der Waals surface area contributed by atoms with Crippen LogP contribution < -0.4 is 20.9 Å². The largest absolute Gasteiger partial charge is 0.340 e. The lowest BCUT2D eigenvalue weighted by Crippen LogP contribution is -2.42. The number of rotatable bonds is 4. The Morgan fingerprint density at radius 2 is 1.90 bits per heavy atom. The summed E-state index contributed by atoms with van der Waals surface area (Å²) >= 11 is 0. The van der Waals surface area contributed by atoms with Crippen molar-refractivity contribution < 1.29 is 14.4 Å². The number of carbonyl (C=O) groups excluding carboxylic acids is 3. The van der Waals surface area contributed by atoms with Crippen LogP contribution in [0.5, 0.6) is 0 Å². The molecule has 2 heterocycles. The number of likely N-dealkylation sites (tertiary alicyclic amines) is 1. The van der Waals surface area contributed by atoms with E-state index in [2.05, 4.69) is 16.0 Å². The number of urea groups is 2. The molecular weight excluding hydrogens is 370 g/mol. The Balaban J connectivity index is 1.28. The summed E-state index contributed by atoms with van der Waals surface area (Å²) in [5.41, 5.74) is 1.38. The predicted octanol–water partition coefficient (Wildman–Crippen LogP) is 2.52. The van der Waals surface area contributed by atoms with Crippen LogP contribution in [0.25, 0.3) is 0 Å². The van der Waals surface area contributed by atoms with Crippen LogP contribution in [-0.2, 0) is 4.79 Å². The summed E-state index contributed by atoms with van der Waals surface area (Å²) in [5, 5.41) is 8.59. The van der Waals surface area contributed by atoms with Gasteiger partial charge < -0.3 is 20.9 Å². The Kier molecular flexibility index (Phi) is 5.87. The minimum atomic E-state index is -0.287. The van der Waals surface area contributed by atoms with Crippen LogP contribution in [-0.4, -0.2) is 55.1 Å². The fourth-order valence-electron chi connectivity index (χ4n) is 4.51. The highest BCUT2D eigenvalue weighted by Gasteiger charge is 2.32. The van der Waals surface area contributed by atoms with E-state index in [1.54, 1.807) is 17.0 Å². The van der Waals surface area contributed by atoms with E-state index in [-0.39, 0.29) is 29.9 Å². The second kappa shape index (κ2) is 8.71. The van der Waals surface area contributed by atoms with Crippen molar-refractivity contribution in [2.45, 2.75) is 44.6 Å². The van der Waals surface area contributed by atoms with Crippen molar-refractivity contribution in [1.82, 2.24) is 15.5 Å². The van der Waals surface area contributed by atoms with E-state index < -0.39 is 0 Å². The molecule has 3 N–H and O–H groups in total. The van der Waals surface area contributed by atoms with Gasteiger partial charge in [0.2, 0.25) is 5.91 Å². The van der Waals surface area contributed by atoms with E-state index in [4.69, 9.17) is 0 Å². The number of hydrogen-bond donors (Lipinski definition) is 3. The third-order valence-corrected chi connectivity index (χ3v) is 6.06. The lowest BCUT2D eigenvalue weighted by atomic mass is 9.88. The lowest BCUT2D eigenvalue weighted by Gasteiger charge is -2.26. The molecule has 8 nitrogen and oxygen atoms in total. The van der Waals surface area contributed by atoms with Crippen LogP contribution in [0.2, 0.25) is 0 Å². The summed E-state index contributed by atoms with van der Waals surface area (Å²) in [6.45, 7) is 2.52. The standard InChI is InChI=1S/C21H29N5O3/c27-19(15-5-2-1-3-6-15)25-11-9-17(14-25)24-20(28)23-16-7-4-8-18(13-16)26-12-10-22-21(26)29/h4,7-8,13,15,17H,1-3,5-6,9-12,14H2,(H,22,29)(H2,23,24,28). The maximum Gasteiger partial charge on any atom is 0.321 e. The zero-order valence-electron chi connectivity index (χ0n) is 16.7. The molecule has 0 radical (unpaired) electrons. The van der Waals surface area contributed by atoms with Gasteiger partial charge in [-0.05, 0) is 37.5 Å². The molecule has 156 valence electrons. The van der Waals surface area contributed by atoms with Gasteiger partial charge >= 0.3 is 12.1 Å². The van der Waals surface area contributed by atoms with Gasteiger partial charge in [-0.15, -0.1) is 0 Å². The van der Waals surface area contributed by atoms with Gasteiger partial charge in [-0.2, -0.15) is 0 Å². The number of anilines is 2. The SMILES string of the molecule is O=C(Nc1cccc(N2CCNC2=O)c1)NC1CCN(C(=O)C2CCCCC2)C1. The average molecular weight is 399 g/mol. The molecule has 1 aliphatic carbocycles. The van der Waals surface area contributed by atoms with E-state index in [1.165, 1.54) is 6.42 Å². The average Bonchev–Trinajstić information content (AvgIpc) is 3.37. The fraction of sp³-hybridized carbons (Fsp3) is 0.571. The molecular formula is C21H29N5O3. The van der Waals surface area contributed by atoms with Crippen LogP contribution in [0.3, 0.4) is 0 Å². The number of hydrogen-bond acceptors (Lipinski definition) is 3. The monoisotopic (exact) mass is 399 g/mol. The molecule has 8 heteroatoms. The van der Waals surface area contributed by atoms with E-state index in [1.807, 2.05) is 17.0 Å². The second-order valence-corrected chi connectivity index (χ2v) is 8.14. The fourth-order valence-corrected chi connectivity index (χ4v) is 4.51. The van der Waals surface area contributed by atoms with E-state index in [0.29, 0.717) is 31.9 Å². The Morgan fingerprint density at radius 1 is 1.07 bits per heavy atom. The molecule has 3 fully saturated rings. The molecule has 1 aromatic carbocycles. The molecule has 0 bridgehead atoms. The van der Waals surface area contributed by atoms with Gasteiger partial charge in [0.25, 0.3) is 0 Å². The molecule has 1 unspecified atom stereocenters. The van der Waals surface area contributed by atoms with Crippen molar-refractivity contribution in [3.05, 3.63) is 24.3 Å². The summed E-state index contributed by atoms with van der Waals surface area (Å²) in [5.74, 6) is 0.424. The predicted molar refractivity (Wildman–Crippen MR) is 111 cm³/mol. The van der Waals surface area contributed by atoms with E-state index in [9.17, 15) is 14.4 Å². The van der Waals surface area contributed by atoms with Crippen LogP contribution in [0.1, 0.15) is 38.5 Å². The Bertz CT molecular complexity index is 777. The van der Waals surface area contributed by atoms with Gasteiger partial charge in [-0.1, -0.05) is 25.3 Å². The number of benzene rings is 1. The van der Waals surface area contributed by atoms with Gasteiger partial charge in [0.05, 0.1) is 0 Å². The van der Waals surface area contributed by atoms with Crippen molar-refractivity contribution in [1.29, 1.82) is 0 Å². The summed E-state index contributed by atoms with van der Waals surface area (Å²) in [6, 6.07) is 6.80. The minimum Gasteiger partial charge on any atom is -0.340 e. The first kappa shape index (κ1) is 19.5. The molecule has 0 aromatic heterocycles. The van der Waals surface area contributed by atoms with Crippen LogP contribution in [0, 0.1) is 5.92 Å². The topological polar surface area (TPSA) is 93.8 Å². The molecule has 1 saturated carbocycles. The molecule has 2 saturated heterocycles. The van der Waals surface area contributed by atoms with Gasteiger partial charge in [-0.25, -0.2) is 9.59 Å². The maximum atomic E-state index is 12.7. The highest BCUT2D eigenvalue weighted by molar-refractivity contribution is 5.95. The van der Waals surface area contributed by atoms with Crippen LogP contribution in [0.15, 0.2) is 24.3 Å². The number of nitrogens with zero attached hydrogens (tertiary/aromatic N) is 2. The first-order valence-corrected chi connectivity index (χ1v) is 10.6. The number of nitrogens with one attached hydrogen (secondary N) is 3. The summed E-state index contributed by atoms with van der Waals surface area (Å²) in [6.07, 6.45) is 6.30. The van der Waals surface area contributed by atoms with Crippen molar-refractivity contribution >= 4 is 29.3 Å². The van der Waals surface area contributed by atoms with Gasteiger partial charge in [-0.3, -0.25) is 9.69 Å². The van der Waals surface area contributed by atoms with Crippen molar-refractivity contribution in [3.8, 4) is 0 Å². The van der Waals surface area contributed by atoms with Crippen molar-refractivity contribution in [2.75, 3.05) is 36.4 Å². The summed E-state index contributed by atoms with van der Waals surface area (Å²) in [4.78, 5) is 40.5. The lowest BCUT2D eigenvalue weighted by molar-refractivity contribution is -0.135. The zero-order valence-corrected chi connectivity index (χ0v) is 16.7. The molecule has 5 amide bonds. The minimum absolute atomic E-state index is 0.0323. The molecule has 1 atom stereocenters. The molecule has 0 spiro atoms. The number of carbonyl (C=O) groups is 3. The van der Waals surface area contributed by atoms with Crippen LogP contribution >= 0.6 is 0 Å². The normalized spacial score (nSPS) is 22.5. The van der Waals surface area contributed by atoms with E-state index in [0.717, 1.165) is 37.8 Å². The molecule has 4 rings (SSSR count). The third kappa shape index (κ3) is 4.63. The first-order chi connectivity index (χ1) is 14.1. The Morgan fingerprint density at radius 3 is 2.66 bits per heavy atom. The van der Waals surface area contributed by atoms with Crippen molar-refractivity contribution in [2.24, 2.45) is 5.92 Å². The molecule has 29 heavy (non-hydrogen) atoms. The highest BCUT2D eigenvalue weighted by Crippen LogP contribution is 2.27. The smallest absolute Gasteiger partial charge is 0.321 e. The summed E-state index contributed by atoms with van der Waals surface area (Å²) in [7, 11) is 0. The highest BCUT2D eigenvalue weighted by atomic mass is 16.2. The second-order valence-electron chi connectivity index (χ2n) is 8.14. The van der Waals surface area contributed by atoms with Gasteiger partial charge in [0.15, 0.2) is 0 Å². The van der Waals surface area contributed by atoms with Crippen molar-refractivity contribution in [3.63, 3.8) is 0 Å². The molecule has 3 aliphatic rings. The number of amides is 5. The van der Waals surface area contributed by atoms with Gasteiger partial charge in [0, 0.05) is 49.5 Å². The first-order valence-electron chi connectivity index (χ1n) is 10.6. The third-order valence-electron chi connectivity index (χ3n) is 6.06. The molecule has 2 aliphatic heterocycles. The zero-order chi connectivity index (χ0) is 20.2. The maximum absolute atomic E-state index is 12.7.